The van der Waals surface area contributed by atoms with Crippen LogP contribution in [0.15, 0.2) is 12.4 Å². The van der Waals surface area contributed by atoms with E-state index >= 15 is 0 Å². The molecule has 1 aromatic heterocycles. The average Bonchev–Trinajstić information content (AvgIpc) is 2.95. The molecule has 2 heterocycles. The number of hydrogen-bond acceptors (Lipinski definition) is 4. The van der Waals surface area contributed by atoms with Crippen molar-refractivity contribution < 1.29 is 4.74 Å². The van der Waals surface area contributed by atoms with Gasteiger partial charge in [0.1, 0.15) is 5.82 Å². The molecule has 5 nitrogen and oxygen atoms in total. The normalized spacial score (nSPS) is 26.3. The Morgan fingerprint density at radius 1 is 1.71 bits per heavy atom. The minimum atomic E-state index is 0.239. The van der Waals surface area contributed by atoms with Crippen molar-refractivity contribution >= 4 is 0 Å². The molecule has 0 amide bonds. The van der Waals surface area contributed by atoms with Gasteiger partial charge in [0.15, 0.2) is 0 Å². The molecule has 96 valence electrons. The minimum Gasteiger partial charge on any atom is -0.378 e. The van der Waals surface area contributed by atoms with E-state index in [1.165, 1.54) is 0 Å². The number of rotatable bonds is 5. The van der Waals surface area contributed by atoms with Gasteiger partial charge in [0.2, 0.25) is 0 Å². The predicted molar refractivity (Wildman–Crippen MR) is 66.2 cm³/mol. The Labute approximate surface area is 102 Å². The predicted octanol–water partition coefficient (Wildman–Crippen LogP) is 0.610. The van der Waals surface area contributed by atoms with Crippen LogP contribution in [0.2, 0.25) is 0 Å². The molecule has 17 heavy (non-hydrogen) atoms. The maximum atomic E-state index is 5.72. The standard InChI is InChI=1S/C12H22N4O/c1-3-11-9(4-7-17-11)10(15-13)8-12-14-5-6-16(12)2/h5-6,9-11,15H,3-4,7-8,13H2,1-2H3. The number of hydrazine groups is 1. The third-order valence-electron chi connectivity index (χ3n) is 3.72. The lowest BCUT2D eigenvalue weighted by Crippen LogP contribution is -2.45. The Hall–Kier alpha value is -0.910. The van der Waals surface area contributed by atoms with E-state index in [4.69, 9.17) is 10.6 Å². The molecule has 0 aromatic carbocycles. The summed E-state index contributed by atoms with van der Waals surface area (Å²) < 4.78 is 7.77. The summed E-state index contributed by atoms with van der Waals surface area (Å²) in [4.78, 5) is 4.35. The molecule has 5 heteroatoms. The van der Waals surface area contributed by atoms with E-state index < -0.39 is 0 Å². The number of aromatic nitrogens is 2. The molecule has 0 aliphatic carbocycles. The van der Waals surface area contributed by atoms with Gasteiger partial charge in [0.25, 0.3) is 0 Å². The number of nitrogens with two attached hydrogens (primary N) is 1. The van der Waals surface area contributed by atoms with Gasteiger partial charge in [-0.1, -0.05) is 6.92 Å². The maximum absolute atomic E-state index is 5.72. The van der Waals surface area contributed by atoms with Crippen LogP contribution < -0.4 is 11.3 Å². The Kier molecular flexibility index (Phi) is 4.15. The minimum absolute atomic E-state index is 0.239. The molecule has 0 radical (unpaired) electrons. The molecule has 1 fully saturated rings. The van der Waals surface area contributed by atoms with Gasteiger partial charge in [-0.2, -0.15) is 0 Å². The first-order valence-electron chi connectivity index (χ1n) is 6.30. The summed E-state index contributed by atoms with van der Waals surface area (Å²) in [5.74, 6) is 7.25. The summed E-state index contributed by atoms with van der Waals surface area (Å²) in [6.07, 6.45) is 7.10. The summed E-state index contributed by atoms with van der Waals surface area (Å²) in [7, 11) is 2.01. The fraction of sp³-hybridized carbons (Fsp3) is 0.750. The second-order valence-corrected chi connectivity index (χ2v) is 4.70. The largest absolute Gasteiger partial charge is 0.378 e. The molecule has 1 aliphatic heterocycles. The van der Waals surface area contributed by atoms with E-state index in [0.717, 1.165) is 31.7 Å². The third kappa shape index (κ3) is 2.68. The Balaban J connectivity index is 2.03. The molecule has 1 saturated heterocycles. The first-order chi connectivity index (χ1) is 8.26. The van der Waals surface area contributed by atoms with Crippen molar-refractivity contribution in [3.05, 3.63) is 18.2 Å². The second kappa shape index (κ2) is 5.62. The van der Waals surface area contributed by atoms with Crippen molar-refractivity contribution in [2.24, 2.45) is 18.8 Å². The summed E-state index contributed by atoms with van der Waals surface area (Å²) in [6, 6.07) is 0.239. The highest BCUT2D eigenvalue weighted by Gasteiger charge is 2.33. The van der Waals surface area contributed by atoms with Gasteiger partial charge in [-0.05, 0) is 12.8 Å². The molecule has 2 rings (SSSR count). The van der Waals surface area contributed by atoms with E-state index in [1.807, 2.05) is 24.0 Å². The van der Waals surface area contributed by atoms with E-state index in [1.54, 1.807) is 0 Å². The maximum Gasteiger partial charge on any atom is 0.109 e. The van der Waals surface area contributed by atoms with Crippen LogP contribution in [0.25, 0.3) is 0 Å². The molecule has 1 aromatic rings. The Bertz CT molecular complexity index is 352. The van der Waals surface area contributed by atoms with Crippen LogP contribution >= 0.6 is 0 Å². The van der Waals surface area contributed by atoms with Crippen LogP contribution in [-0.4, -0.2) is 28.3 Å². The van der Waals surface area contributed by atoms with E-state index in [2.05, 4.69) is 17.3 Å². The number of hydrogen-bond donors (Lipinski definition) is 2. The topological polar surface area (TPSA) is 65.1 Å². The highest BCUT2D eigenvalue weighted by atomic mass is 16.5. The highest BCUT2D eigenvalue weighted by molar-refractivity contribution is 4.97. The summed E-state index contributed by atoms with van der Waals surface area (Å²) in [6.45, 7) is 3.01. The lowest BCUT2D eigenvalue weighted by molar-refractivity contribution is 0.0772. The molecule has 0 saturated carbocycles. The first kappa shape index (κ1) is 12.5. The van der Waals surface area contributed by atoms with E-state index in [-0.39, 0.29) is 6.04 Å². The van der Waals surface area contributed by atoms with Crippen LogP contribution in [0.4, 0.5) is 0 Å². The van der Waals surface area contributed by atoms with Crippen LogP contribution in [0.1, 0.15) is 25.6 Å². The summed E-state index contributed by atoms with van der Waals surface area (Å²) >= 11 is 0. The summed E-state index contributed by atoms with van der Waals surface area (Å²) in [5, 5.41) is 0. The van der Waals surface area contributed by atoms with Gasteiger partial charge < -0.3 is 9.30 Å². The van der Waals surface area contributed by atoms with Gasteiger partial charge in [-0.3, -0.25) is 11.3 Å². The summed E-state index contributed by atoms with van der Waals surface area (Å²) in [5.41, 5.74) is 2.94. The Morgan fingerprint density at radius 3 is 3.12 bits per heavy atom. The van der Waals surface area contributed by atoms with Crippen molar-refractivity contribution in [1.82, 2.24) is 15.0 Å². The van der Waals surface area contributed by atoms with Crippen molar-refractivity contribution in [1.29, 1.82) is 0 Å². The Morgan fingerprint density at radius 2 is 2.53 bits per heavy atom. The van der Waals surface area contributed by atoms with Gasteiger partial charge in [-0.25, -0.2) is 4.98 Å². The zero-order valence-electron chi connectivity index (χ0n) is 10.6. The second-order valence-electron chi connectivity index (χ2n) is 4.70. The lowest BCUT2D eigenvalue weighted by Gasteiger charge is -2.26. The van der Waals surface area contributed by atoms with Gasteiger partial charge >= 0.3 is 0 Å². The number of nitrogens with one attached hydrogen (secondary N) is 1. The van der Waals surface area contributed by atoms with Crippen molar-refractivity contribution in [2.45, 2.75) is 38.3 Å². The van der Waals surface area contributed by atoms with Crippen LogP contribution in [0.3, 0.4) is 0 Å². The van der Waals surface area contributed by atoms with Gasteiger partial charge in [0, 0.05) is 44.4 Å². The van der Waals surface area contributed by atoms with Crippen LogP contribution in [0.5, 0.6) is 0 Å². The van der Waals surface area contributed by atoms with E-state index in [9.17, 15) is 0 Å². The fourth-order valence-corrected chi connectivity index (χ4v) is 2.67. The van der Waals surface area contributed by atoms with Crippen LogP contribution in [-0.2, 0) is 18.2 Å². The SMILES string of the molecule is CCC1OCCC1C(Cc1nccn1C)NN. The van der Waals surface area contributed by atoms with Gasteiger partial charge in [-0.15, -0.1) is 0 Å². The molecular weight excluding hydrogens is 216 g/mol. The van der Waals surface area contributed by atoms with Gasteiger partial charge in [0.05, 0.1) is 6.10 Å². The van der Waals surface area contributed by atoms with Crippen molar-refractivity contribution in [2.75, 3.05) is 6.61 Å². The van der Waals surface area contributed by atoms with Crippen molar-refractivity contribution in [3.63, 3.8) is 0 Å². The fourth-order valence-electron chi connectivity index (χ4n) is 2.67. The number of nitrogens with zero attached hydrogens (tertiary/aromatic N) is 2. The molecule has 3 N–H and O–H groups in total. The van der Waals surface area contributed by atoms with Crippen molar-refractivity contribution in [3.8, 4) is 0 Å². The molecular formula is C12H22N4O. The van der Waals surface area contributed by atoms with Crippen LogP contribution in [0, 0.1) is 5.92 Å². The molecule has 0 spiro atoms. The number of imidazole rings is 1. The zero-order chi connectivity index (χ0) is 12.3. The first-order valence-corrected chi connectivity index (χ1v) is 6.30. The molecule has 0 bridgehead atoms. The van der Waals surface area contributed by atoms with E-state index in [0.29, 0.717) is 12.0 Å². The lowest BCUT2D eigenvalue weighted by atomic mass is 9.89. The molecule has 3 unspecified atom stereocenters. The quantitative estimate of drug-likeness (QED) is 0.583. The highest BCUT2D eigenvalue weighted by Crippen LogP contribution is 2.27. The number of ether oxygens (including phenoxy) is 1. The monoisotopic (exact) mass is 238 g/mol. The smallest absolute Gasteiger partial charge is 0.109 e. The zero-order valence-corrected chi connectivity index (χ0v) is 10.6. The molecule has 3 atom stereocenters. The molecule has 1 aliphatic rings. The third-order valence-corrected chi connectivity index (χ3v) is 3.72. The number of aryl methyl sites for hydroxylation is 1. The average molecular weight is 238 g/mol.